The van der Waals surface area contributed by atoms with Crippen molar-refractivity contribution in [2.24, 2.45) is 0 Å². The van der Waals surface area contributed by atoms with Gasteiger partial charge in [0.05, 0.1) is 50.7 Å². The maximum absolute atomic E-state index is 12.2. The van der Waals surface area contributed by atoms with Crippen molar-refractivity contribution in [2.75, 3.05) is 6.54 Å². The van der Waals surface area contributed by atoms with Gasteiger partial charge in [-0.2, -0.15) is 10.2 Å². The van der Waals surface area contributed by atoms with Crippen molar-refractivity contribution < 1.29 is 9.90 Å². The number of hydrogen-bond donors (Lipinski definition) is 1. The lowest BCUT2D eigenvalue weighted by atomic mass is 10.1. The Morgan fingerprint density at radius 3 is 1.33 bits per heavy atom. The van der Waals surface area contributed by atoms with Crippen LogP contribution in [0.25, 0.3) is 33.9 Å². The molecule has 0 unspecified atom stereocenters. The van der Waals surface area contributed by atoms with Gasteiger partial charge in [-0.3, -0.25) is 9.69 Å². The molecule has 0 amide bonds. The Morgan fingerprint density at radius 2 is 0.980 bits per heavy atom. The summed E-state index contributed by atoms with van der Waals surface area (Å²) in [5.41, 5.74) is 7.55. The Balaban J connectivity index is 1.44. The number of carbonyl (C=O) groups is 1. The van der Waals surface area contributed by atoms with E-state index in [1.54, 1.807) is 74.9 Å². The molecule has 6 rings (SSSR count). The predicted molar refractivity (Wildman–Crippen MR) is 199 cm³/mol. The molecule has 0 atom stereocenters. The minimum absolute atomic E-state index is 0.196. The lowest BCUT2D eigenvalue weighted by Gasteiger charge is -2.19. The summed E-state index contributed by atoms with van der Waals surface area (Å²) in [6.07, 6.45) is 0. The summed E-state index contributed by atoms with van der Waals surface area (Å²) in [4.78, 5) is 14.0. The zero-order valence-electron chi connectivity index (χ0n) is 26.1. The van der Waals surface area contributed by atoms with Crippen LogP contribution in [0, 0.1) is 13.8 Å². The number of carboxylic acids is 1. The molecular weight excluding hydrogens is 747 g/mol. The fourth-order valence-electron chi connectivity index (χ4n) is 5.71. The number of hydrogen-bond acceptors (Lipinski definition) is 4. The fraction of sp³-hybridized carbons (Fsp3) is 0.139. The molecule has 0 fully saturated rings. The summed E-state index contributed by atoms with van der Waals surface area (Å²) in [6.45, 7) is 4.02. The number of benzene rings is 4. The first-order chi connectivity index (χ1) is 23.4. The Morgan fingerprint density at radius 1 is 0.612 bits per heavy atom. The monoisotopic (exact) mass is 771 g/mol. The second-order valence-corrected chi connectivity index (χ2v) is 14.0. The highest BCUT2D eigenvalue weighted by atomic mass is 35.5. The lowest BCUT2D eigenvalue weighted by molar-refractivity contribution is -0.138. The molecule has 49 heavy (non-hydrogen) atoms. The summed E-state index contributed by atoms with van der Waals surface area (Å²) in [5.74, 6) is -0.994. The van der Waals surface area contributed by atoms with Crippen LogP contribution < -0.4 is 0 Å². The van der Waals surface area contributed by atoms with Crippen LogP contribution in [0.5, 0.6) is 0 Å². The third-order valence-corrected chi connectivity index (χ3v) is 9.64. The molecule has 0 saturated carbocycles. The molecule has 0 saturated heterocycles. The van der Waals surface area contributed by atoms with E-state index in [0.29, 0.717) is 52.9 Å². The van der Waals surface area contributed by atoms with Crippen molar-refractivity contribution in [1.82, 2.24) is 24.5 Å². The van der Waals surface area contributed by atoms with Crippen LogP contribution in [-0.2, 0) is 17.9 Å². The van der Waals surface area contributed by atoms with E-state index in [-0.39, 0.29) is 19.6 Å². The minimum Gasteiger partial charge on any atom is -0.480 e. The normalized spacial score (nSPS) is 11.4. The molecular formula is C36H27Cl6N5O2. The fourth-order valence-corrected chi connectivity index (χ4v) is 6.94. The Kier molecular flexibility index (Phi) is 10.6. The summed E-state index contributed by atoms with van der Waals surface area (Å²) >= 11 is 38.2. The third kappa shape index (κ3) is 7.64. The number of aliphatic carboxylic acids is 1. The van der Waals surface area contributed by atoms with E-state index >= 15 is 0 Å². The van der Waals surface area contributed by atoms with Gasteiger partial charge >= 0.3 is 5.97 Å². The maximum atomic E-state index is 12.2. The Hall–Kier alpha value is -3.53. The lowest BCUT2D eigenvalue weighted by Crippen LogP contribution is -2.30. The van der Waals surface area contributed by atoms with Crippen molar-refractivity contribution in [3.8, 4) is 33.9 Å². The average molecular weight is 774 g/mol. The zero-order chi connectivity index (χ0) is 35.0. The second kappa shape index (κ2) is 14.8. The Labute approximate surface area is 313 Å². The van der Waals surface area contributed by atoms with Crippen LogP contribution >= 0.6 is 69.6 Å². The average Bonchev–Trinajstić information content (AvgIpc) is 3.53. The van der Waals surface area contributed by atoms with Gasteiger partial charge in [-0.1, -0.05) is 93.9 Å². The Bertz CT molecular complexity index is 2030. The van der Waals surface area contributed by atoms with Gasteiger partial charge in [-0.25, -0.2) is 9.36 Å². The standard InChI is InChI=1S/C36H27Cl6N5O2/c1-20-30(43-46(32-13-11-26(39)15-28(32)41)35(20)22-3-7-24(37)8-4-22)17-45(19-34(48)49)18-31-21(2)36(23-5-9-25(38)10-6-23)47(44-31)33-14-12-27(40)16-29(33)42/h3-16H,17-19H2,1-2H3,(H,48,49). The quantitative estimate of drug-likeness (QED) is 0.150. The van der Waals surface area contributed by atoms with Gasteiger partial charge in [0.25, 0.3) is 0 Å². The molecule has 1 N–H and O–H groups in total. The number of carboxylic acid groups (broad SMARTS) is 1. The first-order valence-electron chi connectivity index (χ1n) is 14.9. The van der Waals surface area contributed by atoms with Gasteiger partial charge < -0.3 is 5.11 Å². The molecule has 2 heterocycles. The highest BCUT2D eigenvalue weighted by Gasteiger charge is 2.25. The molecule has 13 heteroatoms. The van der Waals surface area contributed by atoms with Gasteiger partial charge in [0.1, 0.15) is 0 Å². The van der Waals surface area contributed by atoms with Crippen LogP contribution in [0.1, 0.15) is 22.5 Å². The molecule has 0 radical (unpaired) electrons. The molecule has 0 aliphatic rings. The molecule has 6 aromatic rings. The SMILES string of the molecule is Cc1c(CN(CC(=O)O)Cc2nn(-c3ccc(Cl)cc3Cl)c(-c3ccc(Cl)cc3)c2C)nn(-c2ccc(Cl)cc2Cl)c1-c1ccc(Cl)cc1. The van der Waals surface area contributed by atoms with Crippen LogP contribution in [-0.4, -0.2) is 42.1 Å². The third-order valence-electron chi connectivity index (χ3n) is 8.06. The van der Waals surface area contributed by atoms with E-state index in [2.05, 4.69) is 0 Å². The molecule has 4 aromatic carbocycles. The topological polar surface area (TPSA) is 76.2 Å². The summed E-state index contributed by atoms with van der Waals surface area (Å²) in [5, 5.41) is 23.0. The molecule has 0 spiro atoms. The molecule has 2 aromatic heterocycles. The van der Waals surface area contributed by atoms with Gasteiger partial charge in [0.15, 0.2) is 0 Å². The van der Waals surface area contributed by atoms with Crippen molar-refractivity contribution >= 4 is 75.6 Å². The number of rotatable bonds is 10. The van der Waals surface area contributed by atoms with E-state index in [4.69, 9.17) is 79.8 Å². The van der Waals surface area contributed by atoms with Crippen molar-refractivity contribution in [3.63, 3.8) is 0 Å². The smallest absolute Gasteiger partial charge is 0.317 e. The molecule has 7 nitrogen and oxygen atoms in total. The van der Waals surface area contributed by atoms with Crippen LogP contribution in [0.3, 0.4) is 0 Å². The number of nitrogens with zero attached hydrogens (tertiary/aromatic N) is 5. The van der Waals surface area contributed by atoms with Gasteiger partial charge in [0, 0.05) is 44.3 Å². The van der Waals surface area contributed by atoms with Gasteiger partial charge in [0.2, 0.25) is 0 Å². The minimum atomic E-state index is -0.994. The first kappa shape index (κ1) is 35.3. The van der Waals surface area contributed by atoms with E-state index in [0.717, 1.165) is 33.6 Å². The number of aromatic nitrogens is 4. The summed E-state index contributed by atoms with van der Waals surface area (Å²) < 4.78 is 3.51. The first-order valence-corrected chi connectivity index (χ1v) is 17.2. The van der Waals surface area contributed by atoms with Crippen molar-refractivity contribution in [2.45, 2.75) is 26.9 Å². The highest BCUT2D eigenvalue weighted by molar-refractivity contribution is 6.36. The van der Waals surface area contributed by atoms with Crippen LogP contribution in [0.2, 0.25) is 30.1 Å². The summed E-state index contributed by atoms with van der Waals surface area (Å²) in [7, 11) is 0. The second-order valence-electron chi connectivity index (χ2n) is 11.4. The van der Waals surface area contributed by atoms with Gasteiger partial charge in [-0.15, -0.1) is 0 Å². The van der Waals surface area contributed by atoms with E-state index in [1.165, 1.54) is 0 Å². The highest BCUT2D eigenvalue weighted by Crippen LogP contribution is 2.36. The predicted octanol–water partition coefficient (Wildman–Crippen LogP) is 11.0. The largest absolute Gasteiger partial charge is 0.480 e. The van der Waals surface area contributed by atoms with Crippen LogP contribution in [0.15, 0.2) is 84.9 Å². The molecule has 0 aliphatic carbocycles. The molecule has 250 valence electrons. The summed E-state index contributed by atoms with van der Waals surface area (Å²) in [6, 6.07) is 25.2. The zero-order valence-corrected chi connectivity index (χ0v) is 30.6. The van der Waals surface area contributed by atoms with Crippen LogP contribution in [0.4, 0.5) is 0 Å². The van der Waals surface area contributed by atoms with E-state index in [1.807, 2.05) is 38.1 Å². The van der Waals surface area contributed by atoms with Crippen molar-refractivity contribution in [1.29, 1.82) is 0 Å². The van der Waals surface area contributed by atoms with E-state index < -0.39 is 5.97 Å². The molecule has 0 bridgehead atoms. The number of halogens is 6. The van der Waals surface area contributed by atoms with Gasteiger partial charge in [-0.05, 0) is 85.6 Å². The maximum Gasteiger partial charge on any atom is 0.317 e. The van der Waals surface area contributed by atoms with Crippen molar-refractivity contribution in [3.05, 3.63) is 138 Å². The van der Waals surface area contributed by atoms with E-state index in [9.17, 15) is 9.90 Å². The molecule has 0 aliphatic heterocycles.